The van der Waals surface area contributed by atoms with Gasteiger partial charge < -0.3 is 9.47 Å². The number of fused-ring (bicyclic) bond motifs is 1. The van der Waals surface area contributed by atoms with Crippen molar-refractivity contribution in [3.63, 3.8) is 0 Å². The number of aryl methyl sites for hydroxylation is 1. The van der Waals surface area contributed by atoms with Gasteiger partial charge in [0.1, 0.15) is 0 Å². The average Bonchev–Trinajstić information content (AvgIpc) is 3.49. The van der Waals surface area contributed by atoms with E-state index in [1.807, 2.05) is 0 Å². The highest BCUT2D eigenvalue weighted by atomic mass is 16.2. The monoisotopic (exact) mass is 401 g/mol. The van der Waals surface area contributed by atoms with Crippen molar-refractivity contribution in [2.75, 3.05) is 13.1 Å². The number of aromatic nitrogens is 1. The average molecular weight is 402 g/mol. The van der Waals surface area contributed by atoms with E-state index >= 15 is 0 Å². The molecule has 1 amide bonds. The van der Waals surface area contributed by atoms with Crippen LogP contribution in [-0.2, 0) is 24.8 Å². The molecule has 4 heteroatoms. The molecule has 5 rings (SSSR count). The summed E-state index contributed by atoms with van der Waals surface area (Å²) in [6.07, 6.45) is 7.34. The zero-order valence-corrected chi connectivity index (χ0v) is 17.8. The van der Waals surface area contributed by atoms with Crippen molar-refractivity contribution in [1.29, 1.82) is 0 Å². The van der Waals surface area contributed by atoms with Crippen molar-refractivity contribution < 1.29 is 4.79 Å². The Labute approximate surface area is 179 Å². The van der Waals surface area contributed by atoms with Crippen LogP contribution in [0.5, 0.6) is 0 Å². The minimum Gasteiger partial charge on any atom is -0.350 e. The van der Waals surface area contributed by atoms with Crippen LogP contribution in [-0.4, -0.2) is 45.4 Å². The summed E-state index contributed by atoms with van der Waals surface area (Å²) in [7, 11) is 2.06. The Morgan fingerprint density at radius 2 is 1.67 bits per heavy atom. The van der Waals surface area contributed by atoms with Gasteiger partial charge in [0.25, 0.3) is 0 Å². The van der Waals surface area contributed by atoms with E-state index in [4.69, 9.17) is 0 Å². The molecule has 2 atom stereocenters. The van der Waals surface area contributed by atoms with Crippen molar-refractivity contribution in [1.82, 2.24) is 14.4 Å². The first-order chi connectivity index (χ1) is 14.7. The number of hydrogen-bond acceptors (Lipinski definition) is 2. The van der Waals surface area contributed by atoms with E-state index in [1.54, 1.807) is 0 Å². The zero-order chi connectivity index (χ0) is 20.5. The van der Waals surface area contributed by atoms with Gasteiger partial charge >= 0.3 is 0 Å². The SMILES string of the molecule is Cn1cc(CC(=O)N2CCC[C@H]2[C@@H]2CCCN2Cc2ccccc2)c2ccccc21. The Bertz CT molecular complexity index is 1030. The first-order valence-electron chi connectivity index (χ1n) is 11.3. The van der Waals surface area contributed by atoms with Crippen molar-refractivity contribution in [3.05, 3.63) is 71.9 Å². The van der Waals surface area contributed by atoms with E-state index in [0.717, 1.165) is 38.0 Å². The Kier molecular flexibility index (Phi) is 5.34. The van der Waals surface area contributed by atoms with Crippen molar-refractivity contribution in [2.45, 2.75) is 50.7 Å². The fourth-order valence-corrected chi connectivity index (χ4v) is 5.63. The molecule has 156 valence electrons. The van der Waals surface area contributed by atoms with Crippen molar-refractivity contribution in [2.24, 2.45) is 7.05 Å². The number of amides is 1. The van der Waals surface area contributed by atoms with Gasteiger partial charge in [0.05, 0.1) is 6.42 Å². The third kappa shape index (κ3) is 3.65. The Morgan fingerprint density at radius 3 is 2.53 bits per heavy atom. The third-order valence-corrected chi connectivity index (χ3v) is 7.03. The highest BCUT2D eigenvalue weighted by Gasteiger charge is 2.39. The molecule has 0 unspecified atom stereocenters. The largest absolute Gasteiger partial charge is 0.350 e. The predicted molar refractivity (Wildman–Crippen MR) is 121 cm³/mol. The van der Waals surface area contributed by atoms with Crippen molar-refractivity contribution >= 4 is 16.8 Å². The maximum absolute atomic E-state index is 13.4. The van der Waals surface area contributed by atoms with Crippen LogP contribution in [0.3, 0.4) is 0 Å². The molecule has 2 aromatic carbocycles. The fourth-order valence-electron chi connectivity index (χ4n) is 5.63. The topological polar surface area (TPSA) is 28.5 Å². The molecule has 2 fully saturated rings. The molecule has 0 bridgehead atoms. The van der Waals surface area contributed by atoms with Crippen LogP contribution in [0.1, 0.15) is 36.8 Å². The summed E-state index contributed by atoms with van der Waals surface area (Å²) in [5.74, 6) is 0.292. The van der Waals surface area contributed by atoms with Crippen molar-refractivity contribution in [3.8, 4) is 0 Å². The summed E-state index contributed by atoms with van der Waals surface area (Å²) in [6.45, 7) is 3.04. The Hall–Kier alpha value is -2.59. The Balaban J connectivity index is 1.32. The normalized spacial score (nSPS) is 22.2. The highest BCUT2D eigenvalue weighted by Crippen LogP contribution is 2.32. The summed E-state index contributed by atoms with van der Waals surface area (Å²) in [6, 6.07) is 20.0. The molecule has 2 saturated heterocycles. The molecule has 0 radical (unpaired) electrons. The van der Waals surface area contributed by atoms with Gasteiger partial charge in [-0.2, -0.15) is 0 Å². The second-order valence-corrected chi connectivity index (χ2v) is 8.92. The summed E-state index contributed by atoms with van der Waals surface area (Å²) < 4.78 is 2.14. The number of benzene rings is 2. The van der Waals surface area contributed by atoms with Gasteiger partial charge in [-0.05, 0) is 49.4 Å². The van der Waals surface area contributed by atoms with Gasteiger partial charge in [-0.3, -0.25) is 9.69 Å². The lowest BCUT2D eigenvalue weighted by Gasteiger charge is -2.35. The number of para-hydroxylation sites is 1. The number of nitrogens with zero attached hydrogens (tertiary/aromatic N) is 3. The second kappa shape index (κ2) is 8.27. The molecular weight excluding hydrogens is 370 g/mol. The van der Waals surface area contributed by atoms with E-state index in [0.29, 0.717) is 24.4 Å². The van der Waals surface area contributed by atoms with E-state index in [-0.39, 0.29) is 0 Å². The number of hydrogen-bond donors (Lipinski definition) is 0. The van der Waals surface area contributed by atoms with Gasteiger partial charge in [-0.1, -0.05) is 48.5 Å². The van der Waals surface area contributed by atoms with E-state index < -0.39 is 0 Å². The van der Waals surface area contributed by atoms with Crippen LogP contribution >= 0.6 is 0 Å². The number of rotatable bonds is 5. The predicted octanol–water partition coefficient (Wildman–Crippen LogP) is 4.38. The van der Waals surface area contributed by atoms with Crippen LogP contribution in [0, 0.1) is 0 Å². The van der Waals surface area contributed by atoms with Crippen LogP contribution in [0.4, 0.5) is 0 Å². The Morgan fingerprint density at radius 1 is 0.933 bits per heavy atom. The summed E-state index contributed by atoms with van der Waals surface area (Å²) in [5, 5.41) is 1.20. The lowest BCUT2D eigenvalue weighted by Crippen LogP contribution is -2.48. The molecule has 0 saturated carbocycles. The molecule has 0 aliphatic carbocycles. The quantitative estimate of drug-likeness (QED) is 0.635. The minimum absolute atomic E-state index is 0.292. The zero-order valence-electron chi connectivity index (χ0n) is 17.8. The van der Waals surface area contributed by atoms with E-state index in [1.165, 1.54) is 29.3 Å². The van der Waals surface area contributed by atoms with Gasteiger partial charge in [0.2, 0.25) is 5.91 Å². The molecular formula is C26H31N3O. The lowest BCUT2D eigenvalue weighted by atomic mass is 10.0. The van der Waals surface area contributed by atoms with Crippen LogP contribution < -0.4 is 0 Å². The molecule has 2 aliphatic heterocycles. The first-order valence-corrected chi connectivity index (χ1v) is 11.3. The smallest absolute Gasteiger partial charge is 0.227 e. The molecule has 3 heterocycles. The van der Waals surface area contributed by atoms with Gasteiger partial charge in [0, 0.05) is 49.3 Å². The van der Waals surface area contributed by atoms with Gasteiger partial charge in [-0.15, -0.1) is 0 Å². The minimum atomic E-state index is 0.292. The summed E-state index contributed by atoms with van der Waals surface area (Å²) in [5.41, 5.74) is 3.72. The molecule has 0 N–H and O–H groups in total. The lowest BCUT2D eigenvalue weighted by molar-refractivity contribution is -0.132. The standard InChI is InChI=1S/C26H31N3O/c1-27-19-21(22-11-5-6-12-23(22)27)17-26(30)29-16-8-14-25(29)24-13-7-15-28(24)18-20-9-3-2-4-10-20/h2-6,9-12,19,24-25H,7-8,13-18H2,1H3/t24-,25-/m0/s1. The molecule has 4 nitrogen and oxygen atoms in total. The second-order valence-electron chi connectivity index (χ2n) is 8.92. The maximum atomic E-state index is 13.4. The third-order valence-electron chi connectivity index (χ3n) is 7.03. The molecule has 30 heavy (non-hydrogen) atoms. The van der Waals surface area contributed by atoms with E-state index in [9.17, 15) is 4.79 Å². The highest BCUT2D eigenvalue weighted by molar-refractivity contribution is 5.89. The molecule has 3 aromatic rings. The number of carbonyl (C=O) groups is 1. The summed E-state index contributed by atoms with van der Waals surface area (Å²) >= 11 is 0. The fraction of sp³-hybridized carbons (Fsp3) is 0.423. The number of carbonyl (C=O) groups excluding carboxylic acids is 1. The molecule has 0 spiro atoms. The van der Waals surface area contributed by atoms with E-state index in [2.05, 4.69) is 82.2 Å². The maximum Gasteiger partial charge on any atom is 0.227 e. The molecule has 1 aromatic heterocycles. The molecule has 2 aliphatic rings. The van der Waals surface area contributed by atoms with Gasteiger partial charge in [0.15, 0.2) is 0 Å². The number of likely N-dealkylation sites (tertiary alicyclic amines) is 2. The van der Waals surface area contributed by atoms with Crippen LogP contribution in [0.2, 0.25) is 0 Å². The summed E-state index contributed by atoms with van der Waals surface area (Å²) in [4.78, 5) is 18.2. The van der Waals surface area contributed by atoms with Crippen LogP contribution in [0.25, 0.3) is 10.9 Å². The van der Waals surface area contributed by atoms with Crippen LogP contribution in [0.15, 0.2) is 60.8 Å². The van der Waals surface area contributed by atoms with Gasteiger partial charge in [-0.25, -0.2) is 0 Å². The first kappa shape index (κ1) is 19.4.